The third-order valence-electron chi connectivity index (χ3n) is 6.36. The van der Waals surface area contributed by atoms with Crippen LogP contribution < -0.4 is 11.1 Å². The number of hydrogen-bond acceptors (Lipinski definition) is 4. The zero-order valence-electron chi connectivity index (χ0n) is 17.4. The van der Waals surface area contributed by atoms with Crippen LogP contribution in [-0.2, 0) is 14.4 Å². The Hall–Kier alpha value is -1.63. The highest BCUT2D eigenvalue weighted by atomic mass is 16.2. The summed E-state index contributed by atoms with van der Waals surface area (Å²) in [4.78, 5) is 41.4. The number of nitrogens with two attached hydrogens (primary N) is 1. The van der Waals surface area contributed by atoms with Gasteiger partial charge >= 0.3 is 0 Å². The fourth-order valence-corrected chi connectivity index (χ4v) is 4.61. The second-order valence-electron chi connectivity index (χ2n) is 9.30. The fourth-order valence-electron chi connectivity index (χ4n) is 4.61. The molecule has 3 amide bonds. The number of piperazine rings is 1. The van der Waals surface area contributed by atoms with Gasteiger partial charge in [-0.25, -0.2) is 0 Å². The van der Waals surface area contributed by atoms with Crippen LogP contribution in [0.5, 0.6) is 0 Å². The quantitative estimate of drug-likeness (QED) is 0.647. The van der Waals surface area contributed by atoms with E-state index in [-0.39, 0.29) is 35.7 Å². The van der Waals surface area contributed by atoms with E-state index in [0.29, 0.717) is 37.9 Å². The molecule has 3 N–H and O–H groups in total. The standard InChI is InChI=1S/C21H36N4O3/c1-14(2)11-17-20(27)25(10-7-23-17)18(12-15-3-4-15)21(28)24-8-5-16(6-9-24)13-19(22)26/h14-18,23H,3-13H2,1-2H3,(H2,22,26). The van der Waals surface area contributed by atoms with Crippen molar-refractivity contribution in [1.29, 1.82) is 0 Å². The van der Waals surface area contributed by atoms with E-state index < -0.39 is 0 Å². The molecule has 2 saturated heterocycles. The molecule has 1 saturated carbocycles. The molecule has 0 bridgehead atoms. The van der Waals surface area contributed by atoms with Gasteiger partial charge in [0, 0.05) is 32.6 Å². The molecule has 3 rings (SSSR count). The third kappa shape index (κ3) is 5.46. The summed E-state index contributed by atoms with van der Waals surface area (Å²) >= 11 is 0. The van der Waals surface area contributed by atoms with Gasteiger partial charge in [-0.3, -0.25) is 14.4 Å². The summed E-state index contributed by atoms with van der Waals surface area (Å²) in [5.74, 6) is 1.21. The Bertz CT molecular complexity index is 582. The predicted octanol–water partition coefficient (Wildman–Crippen LogP) is 1.12. The first-order valence-corrected chi connectivity index (χ1v) is 11.0. The van der Waals surface area contributed by atoms with Gasteiger partial charge in [0.1, 0.15) is 6.04 Å². The lowest BCUT2D eigenvalue weighted by Gasteiger charge is -2.41. The molecule has 1 aliphatic carbocycles. The van der Waals surface area contributed by atoms with Crippen molar-refractivity contribution in [3.05, 3.63) is 0 Å². The lowest BCUT2D eigenvalue weighted by molar-refractivity contribution is -0.150. The minimum atomic E-state index is -0.329. The molecule has 2 atom stereocenters. The van der Waals surface area contributed by atoms with E-state index in [0.717, 1.165) is 32.2 Å². The molecule has 2 aliphatic heterocycles. The molecular formula is C21H36N4O3. The first-order valence-electron chi connectivity index (χ1n) is 11.0. The lowest BCUT2D eigenvalue weighted by atomic mass is 9.92. The molecule has 7 nitrogen and oxygen atoms in total. The van der Waals surface area contributed by atoms with E-state index in [4.69, 9.17) is 5.73 Å². The van der Waals surface area contributed by atoms with Gasteiger partial charge in [-0.1, -0.05) is 26.7 Å². The maximum atomic E-state index is 13.4. The molecule has 3 aliphatic rings. The van der Waals surface area contributed by atoms with Crippen LogP contribution in [0.3, 0.4) is 0 Å². The second-order valence-corrected chi connectivity index (χ2v) is 9.30. The van der Waals surface area contributed by atoms with Crippen molar-refractivity contribution in [3.8, 4) is 0 Å². The number of hydrogen-bond donors (Lipinski definition) is 2. The Kier molecular flexibility index (Phi) is 6.96. The molecule has 0 spiro atoms. The summed E-state index contributed by atoms with van der Waals surface area (Å²) in [5.41, 5.74) is 5.32. The van der Waals surface area contributed by atoms with Crippen molar-refractivity contribution in [1.82, 2.24) is 15.1 Å². The molecule has 3 fully saturated rings. The van der Waals surface area contributed by atoms with Gasteiger partial charge in [-0.15, -0.1) is 0 Å². The Morgan fingerprint density at radius 2 is 1.75 bits per heavy atom. The van der Waals surface area contributed by atoms with Crippen LogP contribution in [0.25, 0.3) is 0 Å². The minimum Gasteiger partial charge on any atom is -0.370 e. The Morgan fingerprint density at radius 3 is 2.32 bits per heavy atom. The molecule has 7 heteroatoms. The average molecular weight is 393 g/mol. The van der Waals surface area contributed by atoms with E-state index in [1.807, 2.05) is 9.80 Å². The van der Waals surface area contributed by atoms with Crippen molar-refractivity contribution >= 4 is 17.7 Å². The van der Waals surface area contributed by atoms with Gasteiger partial charge in [0.2, 0.25) is 17.7 Å². The number of rotatable bonds is 8. The first kappa shape index (κ1) is 21.1. The van der Waals surface area contributed by atoms with E-state index in [9.17, 15) is 14.4 Å². The van der Waals surface area contributed by atoms with Gasteiger partial charge < -0.3 is 20.9 Å². The van der Waals surface area contributed by atoms with Crippen molar-refractivity contribution in [2.24, 2.45) is 23.5 Å². The van der Waals surface area contributed by atoms with Gasteiger partial charge in [-0.2, -0.15) is 0 Å². The summed E-state index contributed by atoms with van der Waals surface area (Å²) in [7, 11) is 0. The van der Waals surface area contributed by atoms with E-state index in [1.54, 1.807) is 0 Å². The number of nitrogens with one attached hydrogen (secondary N) is 1. The van der Waals surface area contributed by atoms with Crippen molar-refractivity contribution in [3.63, 3.8) is 0 Å². The van der Waals surface area contributed by atoms with E-state index in [2.05, 4.69) is 19.2 Å². The Labute approximate surface area is 168 Å². The number of likely N-dealkylation sites (tertiary alicyclic amines) is 1. The van der Waals surface area contributed by atoms with E-state index in [1.165, 1.54) is 12.8 Å². The molecule has 2 unspecified atom stereocenters. The van der Waals surface area contributed by atoms with Crippen molar-refractivity contribution in [2.45, 2.75) is 70.9 Å². The summed E-state index contributed by atoms with van der Waals surface area (Å²) in [6.45, 7) is 6.92. The number of carbonyl (C=O) groups is 3. The molecule has 28 heavy (non-hydrogen) atoms. The number of amides is 3. The maximum Gasteiger partial charge on any atom is 0.245 e. The third-order valence-corrected chi connectivity index (χ3v) is 6.36. The van der Waals surface area contributed by atoms with Crippen LogP contribution in [0.1, 0.15) is 58.8 Å². The number of piperidine rings is 1. The second kappa shape index (κ2) is 9.25. The Balaban J connectivity index is 1.65. The lowest BCUT2D eigenvalue weighted by Crippen LogP contribution is -2.62. The van der Waals surface area contributed by atoms with Crippen LogP contribution in [0.4, 0.5) is 0 Å². The molecule has 0 aromatic heterocycles. The highest BCUT2D eigenvalue weighted by Gasteiger charge is 2.41. The van der Waals surface area contributed by atoms with Crippen LogP contribution in [0.2, 0.25) is 0 Å². The number of carbonyl (C=O) groups excluding carboxylic acids is 3. The predicted molar refractivity (Wildman–Crippen MR) is 107 cm³/mol. The van der Waals surface area contributed by atoms with Crippen LogP contribution in [0.15, 0.2) is 0 Å². The van der Waals surface area contributed by atoms with Gasteiger partial charge in [-0.05, 0) is 43.4 Å². The minimum absolute atomic E-state index is 0.0857. The summed E-state index contributed by atoms with van der Waals surface area (Å²) in [6, 6.07) is -0.506. The SMILES string of the molecule is CC(C)CC1NCCN(C(CC2CC2)C(=O)N2CCC(CC(N)=O)CC2)C1=O. The highest BCUT2D eigenvalue weighted by molar-refractivity contribution is 5.90. The molecule has 0 aromatic carbocycles. The topological polar surface area (TPSA) is 95.7 Å². The summed E-state index contributed by atoms with van der Waals surface area (Å²) in [5, 5.41) is 3.34. The maximum absolute atomic E-state index is 13.4. The summed E-state index contributed by atoms with van der Waals surface area (Å²) < 4.78 is 0. The number of primary amides is 1. The molecule has 0 radical (unpaired) electrons. The molecule has 158 valence electrons. The van der Waals surface area contributed by atoms with Gasteiger partial charge in [0.25, 0.3) is 0 Å². The first-order chi connectivity index (χ1) is 13.3. The molecular weight excluding hydrogens is 356 g/mol. The average Bonchev–Trinajstić information content (AvgIpc) is 3.45. The largest absolute Gasteiger partial charge is 0.370 e. The van der Waals surface area contributed by atoms with Crippen LogP contribution in [0, 0.1) is 17.8 Å². The molecule has 2 heterocycles. The monoisotopic (exact) mass is 392 g/mol. The van der Waals surface area contributed by atoms with Crippen LogP contribution in [-0.4, -0.2) is 65.8 Å². The normalized spacial score (nSPS) is 25.2. The summed E-state index contributed by atoms with van der Waals surface area (Å²) in [6.07, 6.45) is 5.96. The highest BCUT2D eigenvalue weighted by Crippen LogP contribution is 2.36. The fraction of sp³-hybridized carbons (Fsp3) is 0.857. The van der Waals surface area contributed by atoms with Gasteiger partial charge in [0.05, 0.1) is 6.04 Å². The molecule has 0 aromatic rings. The zero-order chi connectivity index (χ0) is 20.3. The van der Waals surface area contributed by atoms with Crippen molar-refractivity contribution in [2.75, 3.05) is 26.2 Å². The van der Waals surface area contributed by atoms with Gasteiger partial charge in [0.15, 0.2) is 0 Å². The number of nitrogens with zero attached hydrogens (tertiary/aromatic N) is 2. The zero-order valence-corrected chi connectivity index (χ0v) is 17.4. The Morgan fingerprint density at radius 1 is 1.07 bits per heavy atom. The smallest absolute Gasteiger partial charge is 0.245 e. The van der Waals surface area contributed by atoms with Crippen LogP contribution >= 0.6 is 0 Å². The van der Waals surface area contributed by atoms with Crippen molar-refractivity contribution < 1.29 is 14.4 Å². The van der Waals surface area contributed by atoms with E-state index >= 15 is 0 Å².